The van der Waals surface area contributed by atoms with Crippen molar-refractivity contribution in [2.24, 2.45) is 0 Å². The van der Waals surface area contributed by atoms with Gasteiger partial charge in [0.2, 0.25) is 0 Å². The van der Waals surface area contributed by atoms with Gasteiger partial charge in [0.1, 0.15) is 0 Å². The summed E-state index contributed by atoms with van der Waals surface area (Å²) in [5, 5.41) is 10.9. The highest BCUT2D eigenvalue weighted by Gasteiger charge is 2.52. The molecule has 0 aromatic heterocycles. The van der Waals surface area contributed by atoms with E-state index >= 15 is 0 Å². The van der Waals surface area contributed by atoms with E-state index in [1.807, 2.05) is 17.9 Å². The first-order valence-electron chi connectivity index (χ1n) is 6.81. The van der Waals surface area contributed by atoms with E-state index in [-0.39, 0.29) is 11.9 Å². The average molecular weight is 280 g/mol. The van der Waals surface area contributed by atoms with Crippen LogP contribution in [0.2, 0.25) is 5.02 Å². The van der Waals surface area contributed by atoms with Crippen molar-refractivity contribution in [2.75, 3.05) is 6.54 Å². The minimum Gasteiger partial charge on any atom is -0.388 e. The summed E-state index contributed by atoms with van der Waals surface area (Å²) < 4.78 is 0. The second-order valence-corrected chi connectivity index (χ2v) is 6.16. The lowest BCUT2D eigenvalue weighted by molar-refractivity contribution is 0.0386. The van der Waals surface area contributed by atoms with Gasteiger partial charge in [0.25, 0.3) is 5.91 Å². The molecule has 1 aliphatic heterocycles. The van der Waals surface area contributed by atoms with Crippen LogP contribution in [0.15, 0.2) is 18.2 Å². The van der Waals surface area contributed by atoms with Crippen LogP contribution in [0.3, 0.4) is 0 Å². The van der Waals surface area contributed by atoms with Gasteiger partial charge in [-0.1, -0.05) is 11.6 Å². The van der Waals surface area contributed by atoms with Gasteiger partial charge in [-0.2, -0.15) is 0 Å². The molecule has 4 heteroatoms. The zero-order valence-corrected chi connectivity index (χ0v) is 11.8. The predicted molar refractivity (Wildman–Crippen MR) is 74.4 cm³/mol. The average Bonchev–Trinajstić information content (AvgIpc) is 2.93. The van der Waals surface area contributed by atoms with Crippen LogP contribution in [0.5, 0.6) is 0 Å². The SMILES string of the molecule is Cc1cc(Cl)ccc1C(=O)N1CCCC1C1(O)CC1. The first kappa shape index (κ1) is 12.9. The number of nitrogens with zero attached hydrogens (tertiary/aromatic N) is 1. The first-order valence-corrected chi connectivity index (χ1v) is 7.18. The summed E-state index contributed by atoms with van der Waals surface area (Å²) in [7, 11) is 0. The maximum Gasteiger partial charge on any atom is 0.254 e. The molecule has 1 unspecified atom stereocenters. The Balaban J connectivity index is 1.87. The van der Waals surface area contributed by atoms with E-state index in [2.05, 4.69) is 0 Å². The zero-order chi connectivity index (χ0) is 13.6. The smallest absolute Gasteiger partial charge is 0.254 e. The van der Waals surface area contributed by atoms with Crippen molar-refractivity contribution in [3.63, 3.8) is 0 Å². The topological polar surface area (TPSA) is 40.5 Å². The minimum absolute atomic E-state index is 0.00456. The Morgan fingerprint density at radius 2 is 2.21 bits per heavy atom. The lowest BCUT2D eigenvalue weighted by atomic mass is 10.0. The number of hydrogen-bond donors (Lipinski definition) is 1. The maximum atomic E-state index is 12.6. The molecule has 1 aromatic rings. The van der Waals surface area contributed by atoms with E-state index in [4.69, 9.17) is 11.6 Å². The highest BCUT2D eigenvalue weighted by molar-refractivity contribution is 6.30. The van der Waals surface area contributed by atoms with Gasteiger partial charge >= 0.3 is 0 Å². The van der Waals surface area contributed by atoms with Crippen LogP contribution in [0, 0.1) is 6.92 Å². The monoisotopic (exact) mass is 279 g/mol. The molecule has 0 spiro atoms. The fourth-order valence-corrected chi connectivity index (χ4v) is 3.28. The Kier molecular flexibility index (Phi) is 3.06. The molecule has 1 aliphatic carbocycles. The number of rotatable bonds is 2. The van der Waals surface area contributed by atoms with Crippen LogP contribution >= 0.6 is 11.6 Å². The third-order valence-electron chi connectivity index (χ3n) is 4.32. The largest absolute Gasteiger partial charge is 0.388 e. The Hall–Kier alpha value is -1.06. The third kappa shape index (κ3) is 2.26. The van der Waals surface area contributed by atoms with Gasteiger partial charge in [-0.05, 0) is 56.4 Å². The molecule has 1 saturated carbocycles. The molecule has 1 saturated heterocycles. The molecule has 1 heterocycles. The van der Waals surface area contributed by atoms with Gasteiger partial charge < -0.3 is 10.0 Å². The second kappa shape index (κ2) is 4.50. The van der Waals surface area contributed by atoms with Gasteiger partial charge in [0.15, 0.2) is 0 Å². The van der Waals surface area contributed by atoms with Crippen molar-refractivity contribution in [3.05, 3.63) is 34.3 Å². The van der Waals surface area contributed by atoms with Crippen molar-refractivity contribution in [2.45, 2.75) is 44.2 Å². The molecule has 102 valence electrons. The molecule has 3 rings (SSSR count). The number of halogens is 1. The normalized spacial score (nSPS) is 24.6. The number of hydrogen-bond acceptors (Lipinski definition) is 2. The minimum atomic E-state index is -0.619. The van der Waals surface area contributed by atoms with Gasteiger partial charge in [-0.25, -0.2) is 0 Å². The van der Waals surface area contributed by atoms with E-state index < -0.39 is 5.60 Å². The second-order valence-electron chi connectivity index (χ2n) is 5.72. The quantitative estimate of drug-likeness (QED) is 0.904. The molecule has 1 atom stereocenters. The van der Waals surface area contributed by atoms with Gasteiger partial charge in [-0.15, -0.1) is 0 Å². The van der Waals surface area contributed by atoms with Crippen LogP contribution < -0.4 is 0 Å². The van der Waals surface area contributed by atoms with Gasteiger partial charge in [-0.3, -0.25) is 4.79 Å². The van der Waals surface area contributed by atoms with E-state index in [1.54, 1.807) is 12.1 Å². The Labute approximate surface area is 118 Å². The fraction of sp³-hybridized carbons (Fsp3) is 0.533. The summed E-state index contributed by atoms with van der Waals surface area (Å²) in [6, 6.07) is 5.34. The Morgan fingerprint density at radius 3 is 2.84 bits per heavy atom. The highest BCUT2D eigenvalue weighted by atomic mass is 35.5. The Bertz CT molecular complexity index is 525. The molecule has 1 N–H and O–H groups in total. The van der Waals surface area contributed by atoms with Crippen LogP contribution in [-0.2, 0) is 0 Å². The predicted octanol–water partition coefficient (Wildman–Crippen LogP) is 2.78. The molecule has 0 radical (unpaired) electrons. The molecule has 2 fully saturated rings. The van der Waals surface area contributed by atoms with Crippen LogP contribution in [0.4, 0.5) is 0 Å². The van der Waals surface area contributed by atoms with Crippen molar-refractivity contribution < 1.29 is 9.90 Å². The number of amides is 1. The number of aliphatic hydroxyl groups is 1. The van der Waals surface area contributed by atoms with Crippen LogP contribution in [0.25, 0.3) is 0 Å². The van der Waals surface area contributed by atoms with E-state index in [0.29, 0.717) is 10.6 Å². The molecule has 3 nitrogen and oxygen atoms in total. The summed E-state index contributed by atoms with van der Waals surface area (Å²) in [5.41, 5.74) is 0.971. The zero-order valence-electron chi connectivity index (χ0n) is 11.0. The van der Waals surface area contributed by atoms with Crippen molar-refractivity contribution in [1.82, 2.24) is 4.90 Å². The molecule has 19 heavy (non-hydrogen) atoms. The fourth-order valence-electron chi connectivity index (χ4n) is 3.05. The van der Waals surface area contributed by atoms with Crippen molar-refractivity contribution in [1.29, 1.82) is 0 Å². The molecule has 1 aromatic carbocycles. The number of likely N-dealkylation sites (tertiary alicyclic amines) is 1. The first-order chi connectivity index (χ1) is 9.01. The lowest BCUT2D eigenvalue weighted by Gasteiger charge is -2.29. The lowest BCUT2D eigenvalue weighted by Crippen LogP contribution is -2.44. The highest BCUT2D eigenvalue weighted by Crippen LogP contribution is 2.45. The number of aryl methyl sites for hydroxylation is 1. The third-order valence-corrected chi connectivity index (χ3v) is 4.55. The van der Waals surface area contributed by atoms with E-state index in [0.717, 1.165) is 37.8 Å². The summed E-state index contributed by atoms with van der Waals surface area (Å²) in [4.78, 5) is 14.5. The summed E-state index contributed by atoms with van der Waals surface area (Å²) in [6.45, 7) is 2.64. The number of carbonyl (C=O) groups excluding carboxylic acids is 1. The summed E-state index contributed by atoms with van der Waals surface area (Å²) >= 11 is 5.93. The molecular weight excluding hydrogens is 262 g/mol. The maximum absolute atomic E-state index is 12.6. The van der Waals surface area contributed by atoms with Crippen LogP contribution in [-0.4, -0.2) is 34.1 Å². The summed E-state index contributed by atoms with van der Waals surface area (Å²) in [5.74, 6) is 0.0250. The molecular formula is C15H18ClNO2. The number of carbonyl (C=O) groups is 1. The number of benzene rings is 1. The van der Waals surface area contributed by atoms with Crippen molar-refractivity contribution >= 4 is 17.5 Å². The van der Waals surface area contributed by atoms with Crippen LogP contribution in [0.1, 0.15) is 41.6 Å². The molecule has 2 aliphatic rings. The summed E-state index contributed by atoms with van der Waals surface area (Å²) in [6.07, 6.45) is 3.53. The van der Waals surface area contributed by atoms with E-state index in [9.17, 15) is 9.90 Å². The van der Waals surface area contributed by atoms with E-state index in [1.165, 1.54) is 0 Å². The standard InChI is InChI=1S/C15H18ClNO2/c1-10-9-11(16)4-5-12(10)14(18)17-8-2-3-13(17)15(19)6-7-15/h4-5,9,13,19H,2-3,6-8H2,1H3. The van der Waals surface area contributed by atoms with Crippen molar-refractivity contribution in [3.8, 4) is 0 Å². The molecule has 1 amide bonds. The van der Waals surface area contributed by atoms with Gasteiger partial charge in [0.05, 0.1) is 11.6 Å². The Morgan fingerprint density at radius 1 is 1.47 bits per heavy atom. The van der Waals surface area contributed by atoms with Gasteiger partial charge in [0, 0.05) is 17.1 Å². The molecule has 0 bridgehead atoms.